The maximum absolute atomic E-state index is 15.1. The van der Waals surface area contributed by atoms with Crippen LogP contribution in [0.2, 0.25) is 0 Å². The van der Waals surface area contributed by atoms with Crippen LogP contribution in [-0.2, 0) is 16.9 Å². The monoisotopic (exact) mass is 565 g/mol. The molecule has 0 saturated heterocycles. The minimum Gasteiger partial charge on any atom is -0.382 e. The number of amides is 2. The molecule has 4 rings (SSSR count). The summed E-state index contributed by atoms with van der Waals surface area (Å²) in [5.74, 6) is -3.64. The van der Waals surface area contributed by atoms with E-state index in [1.807, 2.05) is 0 Å². The fourth-order valence-corrected chi connectivity index (χ4v) is 5.08. The summed E-state index contributed by atoms with van der Waals surface area (Å²) in [5.41, 5.74) is -0.394. The Morgan fingerprint density at radius 2 is 1.90 bits per heavy atom. The Labute approximate surface area is 232 Å². The van der Waals surface area contributed by atoms with E-state index in [1.54, 1.807) is 36.6 Å². The molecule has 10 nitrogen and oxygen atoms in total. The molecule has 3 N–H and O–H groups in total. The number of aliphatic hydroxyl groups is 1. The van der Waals surface area contributed by atoms with Crippen LogP contribution in [0.3, 0.4) is 0 Å². The predicted octanol–water partition coefficient (Wildman–Crippen LogP) is 3.11. The predicted molar refractivity (Wildman–Crippen MR) is 142 cm³/mol. The van der Waals surface area contributed by atoms with Crippen molar-refractivity contribution in [1.82, 2.24) is 30.4 Å². The number of aromatic nitrogens is 4. The number of rotatable bonds is 10. The number of nitrogens with zero attached hydrogens (tertiary/aromatic N) is 5. The van der Waals surface area contributed by atoms with E-state index in [0.29, 0.717) is 22.3 Å². The Hall–Kier alpha value is -4.54. The van der Waals surface area contributed by atoms with Gasteiger partial charge in [0.1, 0.15) is 23.6 Å². The van der Waals surface area contributed by atoms with Crippen molar-refractivity contribution in [2.75, 3.05) is 13.1 Å². The summed E-state index contributed by atoms with van der Waals surface area (Å²) < 4.78 is 30.1. The van der Waals surface area contributed by atoms with Crippen LogP contribution in [0.5, 0.6) is 0 Å². The van der Waals surface area contributed by atoms with E-state index in [4.69, 9.17) is 5.26 Å². The highest BCUT2D eigenvalue weighted by atomic mass is 32.1. The second-order valence-electron chi connectivity index (χ2n) is 9.01. The molecule has 206 valence electrons. The lowest BCUT2D eigenvalue weighted by atomic mass is 9.82. The van der Waals surface area contributed by atoms with Gasteiger partial charge in [0.2, 0.25) is 11.7 Å². The molecular weight excluding hydrogens is 540 g/mol. The van der Waals surface area contributed by atoms with Crippen LogP contribution in [0.4, 0.5) is 8.78 Å². The van der Waals surface area contributed by atoms with Crippen molar-refractivity contribution in [1.29, 1.82) is 5.26 Å². The first-order valence-corrected chi connectivity index (χ1v) is 13.0. The van der Waals surface area contributed by atoms with Crippen LogP contribution in [-0.4, -0.2) is 49.8 Å². The Morgan fingerprint density at radius 3 is 2.58 bits per heavy atom. The summed E-state index contributed by atoms with van der Waals surface area (Å²) >= 11 is 1.24. The first kappa shape index (κ1) is 28.5. The molecule has 2 amide bonds. The number of nitriles is 1. The molecule has 0 saturated carbocycles. The van der Waals surface area contributed by atoms with Gasteiger partial charge >= 0.3 is 0 Å². The maximum Gasteiger partial charge on any atom is 0.288 e. The van der Waals surface area contributed by atoms with Crippen molar-refractivity contribution in [2.24, 2.45) is 0 Å². The molecule has 0 unspecified atom stereocenters. The highest BCUT2D eigenvalue weighted by molar-refractivity contribution is 7.10. The van der Waals surface area contributed by atoms with Crippen molar-refractivity contribution >= 4 is 23.2 Å². The second kappa shape index (κ2) is 12.1. The third-order valence-electron chi connectivity index (χ3n) is 6.31. The molecule has 0 fully saturated rings. The summed E-state index contributed by atoms with van der Waals surface area (Å²) in [6, 6.07) is 11.7. The Bertz CT molecular complexity index is 1560. The van der Waals surface area contributed by atoms with Crippen molar-refractivity contribution in [3.63, 3.8) is 0 Å². The molecule has 0 aliphatic heterocycles. The summed E-state index contributed by atoms with van der Waals surface area (Å²) in [6.07, 6.45) is 1.13. The van der Waals surface area contributed by atoms with E-state index in [-0.39, 0.29) is 30.4 Å². The van der Waals surface area contributed by atoms with E-state index in [9.17, 15) is 19.1 Å². The summed E-state index contributed by atoms with van der Waals surface area (Å²) in [5, 5.41) is 32.6. The lowest BCUT2D eigenvalue weighted by molar-refractivity contribution is -0.118. The van der Waals surface area contributed by atoms with Gasteiger partial charge in [-0.3, -0.25) is 9.59 Å². The smallest absolute Gasteiger partial charge is 0.288 e. The van der Waals surface area contributed by atoms with Crippen LogP contribution in [0.25, 0.3) is 11.3 Å². The fourth-order valence-electron chi connectivity index (χ4n) is 4.11. The van der Waals surface area contributed by atoms with Gasteiger partial charge in [-0.2, -0.15) is 10.4 Å². The molecule has 4 aromatic rings. The second-order valence-corrected chi connectivity index (χ2v) is 9.90. The standard InChI is InChI=1S/C27H25F2N7O3S/c1-16(26-35-23(13-40-26)19-5-3-18(12-30)4-6-19)27(39,21-8-7-20(28)11-22(21)29)14-36-24(33-15-34-36)25(38)32-10-9-31-17(2)37/h3-8,11,13,15-16,39H,9-10,14H2,1-2H3,(H,31,37)(H,32,38)/t16-,27+/m0/s1. The molecule has 2 aromatic carbocycles. The van der Waals surface area contributed by atoms with Crippen LogP contribution in [0, 0.1) is 23.0 Å². The zero-order valence-electron chi connectivity index (χ0n) is 21.6. The molecule has 2 atom stereocenters. The lowest BCUT2D eigenvalue weighted by Gasteiger charge is -2.34. The van der Waals surface area contributed by atoms with Crippen LogP contribution >= 0.6 is 11.3 Å². The van der Waals surface area contributed by atoms with Gasteiger partial charge in [0.05, 0.1) is 28.9 Å². The summed E-state index contributed by atoms with van der Waals surface area (Å²) in [6.45, 7) is 2.91. The minimum atomic E-state index is -2.03. The molecular formula is C27H25F2N7O3S. The van der Waals surface area contributed by atoms with E-state index in [1.165, 1.54) is 18.3 Å². The topological polar surface area (TPSA) is 146 Å². The number of benzene rings is 2. The average molecular weight is 566 g/mol. The summed E-state index contributed by atoms with van der Waals surface area (Å²) in [7, 11) is 0. The van der Waals surface area contributed by atoms with E-state index < -0.39 is 35.6 Å². The normalized spacial score (nSPS) is 13.2. The van der Waals surface area contributed by atoms with Crippen LogP contribution < -0.4 is 10.6 Å². The van der Waals surface area contributed by atoms with Gasteiger partial charge in [-0.1, -0.05) is 25.1 Å². The molecule has 0 radical (unpaired) electrons. The quantitative estimate of drug-likeness (QED) is 0.251. The summed E-state index contributed by atoms with van der Waals surface area (Å²) in [4.78, 5) is 32.5. The fraction of sp³-hybridized carbons (Fsp3) is 0.259. The molecule has 0 aliphatic carbocycles. The SMILES string of the molecule is CC(=O)NCCNC(=O)c1ncnn1C[C@](O)(c1ccc(F)cc1F)[C@@H](C)c1nc(-c2ccc(C#N)cc2)cs1. The van der Waals surface area contributed by atoms with Crippen LogP contribution in [0.15, 0.2) is 54.2 Å². The van der Waals surface area contributed by atoms with Gasteiger partial charge in [-0.05, 0) is 18.2 Å². The molecule has 0 bridgehead atoms. The van der Waals surface area contributed by atoms with Gasteiger partial charge < -0.3 is 15.7 Å². The highest BCUT2D eigenvalue weighted by Crippen LogP contribution is 2.41. The van der Waals surface area contributed by atoms with E-state index in [0.717, 1.165) is 28.7 Å². The van der Waals surface area contributed by atoms with Crippen molar-refractivity contribution in [3.05, 3.63) is 87.8 Å². The number of hydrogen-bond donors (Lipinski definition) is 3. The first-order chi connectivity index (χ1) is 19.1. The molecule has 2 aromatic heterocycles. The first-order valence-electron chi connectivity index (χ1n) is 12.2. The average Bonchev–Trinajstić information content (AvgIpc) is 3.60. The van der Waals surface area contributed by atoms with Crippen molar-refractivity contribution in [2.45, 2.75) is 31.9 Å². The Kier molecular flexibility index (Phi) is 8.61. The largest absolute Gasteiger partial charge is 0.382 e. The minimum absolute atomic E-state index is 0.121. The molecule has 2 heterocycles. The van der Waals surface area contributed by atoms with Gasteiger partial charge in [-0.25, -0.2) is 23.4 Å². The molecule has 13 heteroatoms. The van der Waals surface area contributed by atoms with Gasteiger partial charge in [0.15, 0.2) is 0 Å². The van der Waals surface area contributed by atoms with Crippen molar-refractivity contribution in [3.8, 4) is 17.3 Å². The Morgan fingerprint density at radius 1 is 1.18 bits per heavy atom. The van der Waals surface area contributed by atoms with Gasteiger partial charge in [0.25, 0.3) is 5.91 Å². The number of nitrogens with one attached hydrogen (secondary N) is 2. The van der Waals surface area contributed by atoms with E-state index >= 15 is 4.39 Å². The van der Waals surface area contributed by atoms with Gasteiger partial charge in [0, 0.05) is 48.5 Å². The van der Waals surface area contributed by atoms with E-state index in [2.05, 4.69) is 31.8 Å². The number of thiazole rings is 1. The zero-order valence-corrected chi connectivity index (χ0v) is 22.4. The highest BCUT2D eigenvalue weighted by Gasteiger charge is 2.42. The van der Waals surface area contributed by atoms with Gasteiger partial charge in [-0.15, -0.1) is 11.3 Å². The number of hydrogen-bond acceptors (Lipinski definition) is 8. The zero-order chi connectivity index (χ0) is 28.9. The molecule has 0 spiro atoms. The molecule has 40 heavy (non-hydrogen) atoms. The molecule has 0 aliphatic rings. The number of carbonyl (C=O) groups is 2. The number of halogens is 2. The lowest BCUT2D eigenvalue weighted by Crippen LogP contribution is -2.40. The third-order valence-corrected chi connectivity index (χ3v) is 7.34. The Balaban J connectivity index is 1.66. The van der Waals surface area contributed by atoms with Crippen LogP contribution in [0.1, 0.15) is 46.5 Å². The van der Waals surface area contributed by atoms with Crippen molar-refractivity contribution < 1.29 is 23.5 Å². The maximum atomic E-state index is 15.1. The number of carbonyl (C=O) groups excluding carboxylic acids is 2. The third kappa shape index (κ3) is 6.19.